The van der Waals surface area contributed by atoms with Crippen LogP contribution in [-0.2, 0) is 9.53 Å². The normalized spacial score (nSPS) is 15.7. The smallest absolute Gasteiger partial charge is 0.311 e. The van der Waals surface area contributed by atoms with Crippen molar-refractivity contribution < 1.29 is 24.2 Å². The highest BCUT2D eigenvalue weighted by molar-refractivity contribution is 5.95. The van der Waals surface area contributed by atoms with Crippen molar-refractivity contribution in [3.05, 3.63) is 48.3 Å². The maximum absolute atomic E-state index is 12.5. The average Bonchev–Trinajstić information content (AvgIpc) is 2.72. The second-order valence-electron chi connectivity index (χ2n) is 6.57. The van der Waals surface area contributed by atoms with Crippen LogP contribution in [0.5, 0.6) is 5.75 Å². The minimum atomic E-state index is -0.977. The minimum absolute atomic E-state index is 0.0668. The number of pyridine rings is 1. The van der Waals surface area contributed by atoms with Crippen molar-refractivity contribution >= 4 is 11.9 Å². The molecule has 1 saturated heterocycles. The van der Waals surface area contributed by atoms with E-state index in [2.05, 4.69) is 10.3 Å². The highest BCUT2D eigenvalue weighted by Gasteiger charge is 2.40. The number of methoxy groups -OCH3 is 1. The molecule has 0 atom stereocenters. The molecule has 7 nitrogen and oxygen atoms in total. The van der Waals surface area contributed by atoms with E-state index >= 15 is 0 Å². The van der Waals surface area contributed by atoms with Crippen molar-refractivity contribution in [3.63, 3.8) is 0 Å². The number of carboxylic acids is 1. The summed E-state index contributed by atoms with van der Waals surface area (Å²) in [6.07, 6.45) is 3.91. The first-order valence-corrected chi connectivity index (χ1v) is 8.73. The van der Waals surface area contributed by atoms with E-state index < -0.39 is 11.4 Å². The number of carbonyl (C=O) groups excluding carboxylic acids is 1. The summed E-state index contributed by atoms with van der Waals surface area (Å²) in [6, 6.07) is 9.19. The zero-order chi connectivity index (χ0) is 19.3. The van der Waals surface area contributed by atoms with Crippen LogP contribution in [0.4, 0.5) is 0 Å². The number of amides is 1. The topological polar surface area (TPSA) is 97.8 Å². The summed E-state index contributed by atoms with van der Waals surface area (Å²) >= 11 is 0. The first-order chi connectivity index (χ1) is 13.0. The number of aliphatic carboxylic acids is 1. The van der Waals surface area contributed by atoms with E-state index in [1.54, 1.807) is 19.4 Å². The summed E-state index contributed by atoms with van der Waals surface area (Å²) in [5.74, 6) is -0.503. The summed E-state index contributed by atoms with van der Waals surface area (Å²) in [7, 11) is 1.60. The van der Waals surface area contributed by atoms with Crippen LogP contribution in [0.1, 0.15) is 23.2 Å². The minimum Gasteiger partial charge on any atom is -0.497 e. The Morgan fingerprint density at radius 3 is 2.52 bits per heavy atom. The number of nitrogens with zero attached hydrogens (tertiary/aromatic N) is 1. The lowest BCUT2D eigenvalue weighted by Crippen LogP contribution is -2.46. The molecule has 0 saturated carbocycles. The van der Waals surface area contributed by atoms with Crippen molar-refractivity contribution in [1.82, 2.24) is 10.3 Å². The van der Waals surface area contributed by atoms with Crippen molar-refractivity contribution in [2.45, 2.75) is 12.8 Å². The first-order valence-electron chi connectivity index (χ1n) is 8.73. The van der Waals surface area contributed by atoms with Crippen molar-refractivity contribution in [3.8, 4) is 16.9 Å². The molecule has 1 aliphatic rings. The van der Waals surface area contributed by atoms with E-state index in [0.29, 0.717) is 31.6 Å². The molecular weight excluding hydrogens is 348 g/mol. The van der Waals surface area contributed by atoms with Gasteiger partial charge in [-0.3, -0.25) is 14.6 Å². The fraction of sp³-hybridized carbons (Fsp3) is 0.350. The number of benzene rings is 1. The number of hydrogen-bond donors (Lipinski definition) is 2. The lowest BCUT2D eigenvalue weighted by Gasteiger charge is -2.33. The van der Waals surface area contributed by atoms with Crippen molar-refractivity contribution in [1.29, 1.82) is 0 Å². The number of nitrogens with one attached hydrogen (secondary N) is 1. The third-order valence-corrected chi connectivity index (χ3v) is 4.91. The SMILES string of the molecule is COc1ccc(-c2cncc(C(=O)NCC3(C(=O)O)CCOCC3)c2)cc1. The lowest BCUT2D eigenvalue weighted by molar-refractivity contribution is -0.154. The number of carbonyl (C=O) groups is 2. The van der Waals surface area contributed by atoms with E-state index in [0.717, 1.165) is 16.9 Å². The molecule has 3 rings (SSSR count). The van der Waals surface area contributed by atoms with Crippen LogP contribution in [0.25, 0.3) is 11.1 Å². The van der Waals surface area contributed by atoms with Gasteiger partial charge in [-0.15, -0.1) is 0 Å². The van der Waals surface area contributed by atoms with Gasteiger partial charge in [0.1, 0.15) is 5.75 Å². The Hall–Kier alpha value is -2.93. The quantitative estimate of drug-likeness (QED) is 0.810. The second-order valence-corrected chi connectivity index (χ2v) is 6.57. The van der Waals surface area contributed by atoms with Crippen LogP contribution in [0.3, 0.4) is 0 Å². The second kappa shape index (κ2) is 8.18. The van der Waals surface area contributed by atoms with Gasteiger partial charge in [-0.05, 0) is 36.6 Å². The Morgan fingerprint density at radius 1 is 1.19 bits per heavy atom. The Balaban J connectivity index is 1.72. The van der Waals surface area contributed by atoms with E-state index in [9.17, 15) is 14.7 Å². The van der Waals surface area contributed by atoms with E-state index in [4.69, 9.17) is 9.47 Å². The Bertz CT molecular complexity index is 813. The van der Waals surface area contributed by atoms with E-state index in [-0.39, 0.29) is 12.5 Å². The monoisotopic (exact) mass is 370 g/mol. The maximum atomic E-state index is 12.5. The third kappa shape index (κ3) is 4.25. The van der Waals surface area contributed by atoms with Gasteiger partial charge in [0.25, 0.3) is 5.91 Å². The van der Waals surface area contributed by atoms with Crippen molar-refractivity contribution in [2.75, 3.05) is 26.9 Å². The number of hydrogen-bond acceptors (Lipinski definition) is 5. The van der Waals surface area contributed by atoms with Gasteiger partial charge in [0.2, 0.25) is 0 Å². The number of aromatic nitrogens is 1. The molecule has 1 aliphatic heterocycles. The van der Waals surface area contributed by atoms with E-state index in [1.807, 2.05) is 24.3 Å². The molecule has 0 spiro atoms. The summed E-state index contributed by atoms with van der Waals surface area (Å²) in [6.45, 7) is 0.838. The number of carboxylic acid groups (broad SMARTS) is 1. The summed E-state index contributed by atoms with van der Waals surface area (Å²) in [5.41, 5.74) is 1.11. The molecule has 0 radical (unpaired) electrons. The van der Waals surface area contributed by atoms with Crippen molar-refractivity contribution in [2.24, 2.45) is 5.41 Å². The molecule has 0 unspecified atom stereocenters. The number of rotatable bonds is 6. The van der Waals surface area contributed by atoms with E-state index in [1.165, 1.54) is 6.20 Å². The van der Waals surface area contributed by atoms with Gasteiger partial charge in [0, 0.05) is 37.7 Å². The molecule has 0 aliphatic carbocycles. The Morgan fingerprint density at radius 2 is 1.89 bits per heavy atom. The van der Waals surface area contributed by atoms with Crippen LogP contribution in [0, 0.1) is 5.41 Å². The summed E-state index contributed by atoms with van der Waals surface area (Å²) < 4.78 is 10.4. The highest BCUT2D eigenvalue weighted by atomic mass is 16.5. The fourth-order valence-electron chi connectivity index (χ4n) is 3.09. The van der Waals surface area contributed by atoms with Crippen LogP contribution in [0.2, 0.25) is 0 Å². The molecule has 142 valence electrons. The van der Waals surface area contributed by atoms with Gasteiger partial charge in [-0.2, -0.15) is 0 Å². The zero-order valence-electron chi connectivity index (χ0n) is 15.1. The maximum Gasteiger partial charge on any atom is 0.311 e. The predicted molar refractivity (Wildman–Crippen MR) is 98.7 cm³/mol. The van der Waals surface area contributed by atoms with Gasteiger partial charge in [-0.1, -0.05) is 12.1 Å². The number of ether oxygens (including phenoxy) is 2. The molecule has 1 aromatic carbocycles. The molecule has 7 heteroatoms. The third-order valence-electron chi connectivity index (χ3n) is 4.91. The zero-order valence-corrected chi connectivity index (χ0v) is 15.1. The Labute approximate surface area is 157 Å². The molecular formula is C20H22N2O5. The van der Waals surface area contributed by atoms with Gasteiger partial charge >= 0.3 is 5.97 Å². The lowest BCUT2D eigenvalue weighted by atomic mass is 9.80. The van der Waals surface area contributed by atoms with Crippen LogP contribution < -0.4 is 10.1 Å². The van der Waals surface area contributed by atoms with Crippen LogP contribution in [0.15, 0.2) is 42.7 Å². The standard InChI is InChI=1S/C20H22N2O5/c1-26-17-4-2-14(3-5-17)15-10-16(12-21-11-15)18(23)22-13-20(19(24)25)6-8-27-9-7-20/h2-5,10-12H,6-9,13H2,1H3,(H,22,23)(H,24,25). The fourth-order valence-corrected chi connectivity index (χ4v) is 3.09. The molecule has 2 N–H and O–H groups in total. The molecule has 1 aromatic heterocycles. The predicted octanol–water partition coefficient (Wildman–Crippen LogP) is 2.37. The molecule has 0 bridgehead atoms. The highest BCUT2D eigenvalue weighted by Crippen LogP contribution is 2.30. The molecule has 2 aromatic rings. The molecule has 2 heterocycles. The molecule has 27 heavy (non-hydrogen) atoms. The summed E-state index contributed by atoms with van der Waals surface area (Å²) in [5, 5.41) is 12.3. The van der Waals surface area contributed by atoms with Gasteiger partial charge in [0.15, 0.2) is 0 Å². The van der Waals surface area contributed by atoms with Gasteiger partial charge in [0.05, 0.1) is 18.1 Å². The molecule has 1 amide bonds. The first kappa shape index (κ1) is 18.8. The van der Waals surface area contributed by atoms with Gasteiger partial charge < -0.3 is 19.9 Å². The summed E-state index contributed by atoms with van der Waals surface area (Å²) in [4.78, 5) is 28.4. The van der Waals surface area contributed by atoms with Crippen LogP contribution in [-0.4, -0.2) is 48.8 Å². The molecule has 1 fully saturated rings. The average molecular weight is 370 g/mol. The van der Waals surface area contributed by atoms with Crippen LogP contribution >= 0.6 is 0 Å². The van der Waals surface area contributed by atoms with Gasteiger partial charge in [-0.25, -0.2) is 0 Å². The largest absolute Gasteiger partial charge is 0.497 e. The Kier molecular flexibility index (Phi) is 5.71.